The van der Waals surface area contributed by atoms with Crippen LogP contribution in [0.3, 0.4) is 0 Å². The molecule has 0 saturated carbocycles. The SMILES string of the molecule is COCCCSc1nc(Cl)nc2sccc12. The summed E-state index contributed by atoms with van der Waals surface area (Å²) < 4.78 is 5.01. The van der Waals surface area contributed by atoms with Crippen LogP contribution in [0.5, 0.6) is 0 Å². The summed E-state index contributed by atoms with van der Waals surface area (Å²) in [4.78, 5) is 9.38. The van der Waals surface area contributed by atoms with E-state index in [1.807, 2.05) is 11.4 Å². The largest absolute Gasteiger partial charge is 0.385 e. The summed E-state index contributed by atoms with van der Waals surface area (Å²) in [5, 5.41) is 4.39. The first-order chi connectivity index (χ1) is 7.81. The molecule has 0 atom stereocenters. The van der Waals surface area contributed by atoms with E-state index in [-0.39, 0.29) is 0 Å². The molecule has 0 aliphatic rings. The van der Waals surface area contributed by atoms with Crippen LogP contribution >= 0.6 is 34.7 Å². The van der Waals surface area contributed by atoms with Gasteiger partial charge in [-0.05, 0) is 29.5 Å². The molecule has 2 rings (SSSR count). The topological polar surface area (TPSA) is 35.0 Å². The van der Waals surface area contributed by atoms with E-state index in [0.29, 0.717) is 5.28 Å². The van der Waals surface area contributed by atoms with Gasteiger partial charge in [0.2, 0.25) is 5.28 Å². The van der Waals surface area contributed by atoms with Crippen LogP contribution in [-0.4, -0.2) is 29.4 Å². The smallest absolute Gasteiger partial charge is 0.224 e. The molecule has 2 heterocycles. The highest BCUT2D eigenvalue weighted by Crippen LogP contribution is 2.29. The lowest BCUT2D eigenvalue weighted by molar-refractivity contribution is 0.200. The van der Waals surface area contributed by atoms with Gasteiger partial charge in [-0.15, -0.1) is 23.1 Å². The third-order valence-electron chi connectivity index (χ3n) is 1.99. The van der Waals surface area contributed by atoms with Crippen molar-refractivity contribution in [3.05, 3.63) is 16.7 Å². The number of ether oxygens (including phenoxy) is 1. The minimum Gasteiger partial charge on any atom is -0.385 e. The van der Waals surface area contributed by atoms with Crippen LogP contribution in [0.4, 0.5) is 0 Å². The van der Waals surface area contributed by atoms with Gasteiger partial charge in [0.05, 0.1) is 0 Å². The number of fused-ring (bicyclic) bond motifs is 1. The minimum atomic E-state index is 0.323. The Morgan fingerprint density at radius 3 is 3.19 bits per heavy atom. The number of thioether (sulfide) groups is 1. The Bertz CT molecular complexity index is 475. The highest BCUT2D eigenvalue weighted by atomic mass is 35.5. The summed E-state index contributed by atoms with van der Waals surface area (Å²) in [7, 11) is 1.71. The Hall–Kier alpha value is -0.360. The van der Waals surface area contributed by atoms with Gasteiger partial charge in [-0.1, -0.05) is 0 Å². The van der Waals surface area contributed by atoms with E-state index in [2.05, 4.69) is 9.97 Å². The Morgan fingerprint density at radius 2 is 2.38 bits per heavy atom. The second-order valence-corrected chi connectivity index (χ2v) is 5.45. The number of methoxy groups -OCH3 is 1. The normalized spacial score (nSPS) is 11.1. The van der Waals surface area contributed by atoms with Crippen LogP contribution in [0, 0.1) is 0 Å². The molecule has 0 aromatic carbocycles. The summed E-state index contributed by atoms with van der Waals surface area (Å²) in [5.74, 6) is 0.978. The van der Waals surface area contributed by atoms with Gasteiger partial charge in [-0.3, -0.25) is 0 Å². The summed E-state index contributed by atoms with van der Waals surface area (Å²) in [6.07, 6.45) is 1.01. The Balaban J connectivity index is 2.12. The maximum atomic E-state index is 5.87. The molecule has 6 heteroatoms. The molecular formula is C10H11ClN2OS2. The van der Waals surface area contributed by atoms with Crippen molar-refractivity contribution in [2.45, 2.75) is 11.4 Å². The fourth-order valence-corrected chi connectivity index (χ4v) is 3.31. The highest BCUT2D eigenvalue weighted by molar-refractivity contribution is 7.99. The standard InChI is InChI=1S/C10H11ClN2OS2/c1-14-4-2-5-15-8-7-3-6-16-9(7)13-10(11)12-8/h3,6H,2,4-5H2,1H3. The molecule has 0 bridgehead atoms. The van der Waals surface area contributed by atoms with Gasteiger partial charge in [-0.25, -0.2) is 9.97 Å². The van der Waals surface area contributed by atoms with E-state index in [1.54, 1.807) is 30.2 Å². The number of hydrogen-bond acceptors (Lipinski definition) is 5. The molecule has 0 radical (unpaired) electrons. The summed E-state index contributed by atoms with van der Waals surface area (Å²) in [6, 6.07) is 2.04. The van der Waals surface area contributed by atoms with Crippen LogP contribution in [0.1, 0.15) is 6.42 Å². The molecule has 86 valence electrons. The van der Waals surface area contributed by atoms with Crippen LogP contribution in [-0.2, 0) is 4.74 Å². The van der Waals surface area contributed by atoms with Crippen molar-refractivity contribution in [2.24, 2.45) is 0 Å². The van der Waals surface area contributed by atoms with Crippen LogP contribution in [0.15, 0.2) is 16.5 Å². The zero-order chi connectivity index (χ0) is 11.4. The minimum absolute atomic E-state index is 0.323. The van der Waals surface area contributed by atoms with Crippen molar-refractivity contribution in [3.63, 3.8) is 0 Å². The van der Waals surface area contributed by atoms with Crippen molar-refractivity contribution in [1.29, 1.82) is 0 Å². The Kier molecular flexibility index (Phi) is 4.40. The molecule has 0 aliphatic carbocycles. The van der Waals surface area contributed by atoms with Crippen molar-refractivity contribution in [1.82, 2.24) is 9.97 Å². The number of aromatic nitrogens is 2. The molecule has 16 heavy (non-hydrogen) atoms. The zero-order valence-electron chi connectivity index (χ0n) is 8.77. The summed E-state index contributed by atoms with van der Waals surface area (Å²) in [5.41, 5.74) is 0. The third kappa shape index (κ3) is 2.85. The lowest BCUT2D eigenvalue weighted by atomic mass is 10.4. The fraction of sp³-hybridized carbons (Fsp3) is 0.400. The number of thiophene rings is 1. The Labute approximate surface area is 107 Å². The van der Waals surface area contributed by atoms with Crippen LogP contribution in [0.25, 0.3) is 10.2 Å². The van der Waals surface area contributed by atoms with E-state index >= 15 is 0 Å². The molecule has 0 fully saturated rings. The molecule has 0 amide bonds. The Morgan fingerprint density at radius 1 is 1.50 bits per heavy atom. The molecular weight excluding hydrogens is 264 g/mol. The van der Waals surface area contributed by atoms with Gasteiger partial charge in [0.1, 0.15) is 9.86 Å². The molecule has 2 aromatic rings. The first-order valence-corrected chi connectivity index (χ1v) is 7.08. The fourth-order valence-electron chi connectivity index (χ4n) is 1.29. The lowest BCUT2D eigenvalue weighted by Gasteiger charge is -2.02. The van der Waals surface area contributed by atoms with E-state index < -0.39 is 0 Å². The van der Waals surface area contributed by atoms with E-state index in [9.17, 15) is 0 Å². The molecule has 2 aromatic heterocycles. The lowest BCUT2D eigenvalue weighted by Crippen LogP contribution is -1.92. The predicted molar refractivity (Wildman–Crippen MR) is 69.6 cm³/mol. The summed E-state index contributed by atoms with van der Waals surface area (Å²) in [6.45, 7) is 0.776. The van der Waals surface area contributed by atoms with Crippen LogP contribution in [0.2, 0.25) is 5.28 Å². The average molecular weight is 275 g/mol. The number of hydrogen-bond donors (Lipinski definition) is 0. The zero-order valence-corrected chi connectivity index (χ0v) is 11.2. The first kappa shape index (κ1) is 12.1. The molecule has 0 unspecified atom stereocenters. The molecule has 0 N–H and O–H groups in total. The monoisotopic (exact) mass is 274 g/mol. The predicted octanol–water partition coefficient (Wildman–Crippen LogP) is 3.47. The first-order valence-electron chi connectivity index (χ1n) is 4.83. The van der Waals surface area contributed by atoms with Gasteiger partial charge in [0, 0.05) is 24.9 Å². The van der Waals surface area contributed by atoms with Gasteiger partial charge in [0.25, 0.3) is 0 Å². The molecule has 0 aliphatic heterocycles. The number of rotatable bonds is 5. The molecule has 0 saturated heterocycles. The number of halogens is 1. The quantitative estimate of drug-likeness (QED) is 0.362. The van der Waals surface area contributed by atoms with Gasteiger partial charge in [-0.2, -0.15) is 0 Å². The van der Waals surface area contributed by atoms with E-state index in [0.717, 1.165) is 34.0 Å². The van der Waals surface area contributed by atoms with Crippen molar-refractivity contribution in [3.8, 4) is 0 Å². The van der Waals surface area contributed by atoms with Gasteiger partial charge < -0.3 is 4.74 Å². The second kappa shape index (κ2) is 5.82. The third-order valence-corrected chi connectivity index (χ3v) is 4.05. The van der Waals surface area contributed by atoms with E-state index in [1.165, 1.54) is 0 Å². The molecule has 0 spiro atoms. The maximum Gasteiger partial charge on any atom is 0.224 e. The van der Waals surface area contributed by atoms with Gasteiger partial charge in [0.15, 0.2) is 0 Å². The van der Waals surface area contributed by atoms with Crippen molar-refractivity contribution in [2.75, 3.05) is 19.5 Å². The van der Waals surface area contributed by atoms with Crippen molar-refractivity contribution >= 4 is 44.9 Å². The second-order valence-electron chi connectivity index (χ2n) is 3.13. The highest BCUT2D eigenvalue weighted by Gasteiger charge is 2.07. The van der Waals surface area contributed by atoms with Crippen molar-refractivity contribution < 1.29 is 4.74 Å². The van der Waals surface area contributed by atoms with Gasteiger partial charge >= 0.3 is 0 Å². The van der Waals surface area contributed by atoms with E-state index in [4.69, 9.17) is 16.3 Å². The summed E-state index contributed by atoms with van der Waals surface area (Å²) >= 11 is 9.15. The number of nitrogens with zero attached hydrogens (tertiary/aromatic N) is 2. The average Bonchev–Trinajstić information content (AvgIpc) is 2.72. The molecule has 3 nitrogen and oxygen atoms in total. The maximum absolute atomic E-state index is 5.87. The van der Waals surface area contributed by atoms with Crippen LogP contribution < -0.4 is 0 Å².